The van der Waals surface area contributed by atoms with Crippen molar-refractivity contribution < 1.29 is 18.4 Å². The number of carbonyl (C=O) groups is 2. The van der Waals surface area contributed by atoms with E-state index in [1.54, 1.807) is 38.4 Å². The van der Waals surface area contributed by atoms with Crippen LogP contribution in [0.2, 0.25) is 0 Å². The van der Waals surface area contributed by atoms with Gasteiger partial charge in [-0.05, 0) is 35.9 Å². The molecule has 0 aromatic heterocycles. The first kappa shape index (κ1) is 16.6. The van der Waals surface area contributed by atoms with E-state index >= 15 is 0 Å². The maximum atomic E-state index is 13.1. The Labute approximate surface area is 132 Å². The number of hydrogen-bond acceptors (Lipinski definition) is 2. The minimum absolute atomic E-state index is 0.0447. The first-order valence-corrected chi connectivity index (χ1v) is 6.92. The highest BCUT2D eigenvalue weighted by atomic mass is 19.2. The molecule has 2 rings (SSSR count). The van der Waals surface area contributed by atoms with E-state index in [0.29, 0.717) is 5.56 Å². The smallest absolute Gasteiger partial charge is 0.253 e. The monoisotopic (exact) mass is 318 g/mol. The Balaban J connectivity index is 1.99. The van der Waals surface area contributed by atoms with Gasteiger partial charge in [-0.25, -0.2) is 8.78 Å². The average molecular weight is 318 g/mol. The Kier molecular flexibility index (Phi) is 5.05. The van der Waals surface area contributed by atoms with Crippen LogP contribution in [0.3, 0.4) is 0 Å². The van der Waals surface area contributed by atoms with Crippen molar-refractivity contribution in [3.8, 4) is 0 Å². The van der Waals surface area contributed by atoms with Crippen molar-refractivity contribution in [3.05, 3.63) is 70.8 Å². The number of halogens is 2. The lowest BCUT2D eigenvalue weighted by atomic mass is 10.1. The van der Waals surface area contributed by atoms with E-state index in [2.05, 4.69) is 5.32 Å². The summed E-state index contributed by atoms with van der Waals surface area (Å²) >= 11 is 0. The molecule has 0 unspecified atom stereocenters. The maximum Gasteiger partial charge on any atom is 0.253 e. The van der Waals surface area contributed by atoms with Crippen molar-refractivity contribution in [1.29, 1.82) is 0 Å². The highest BCUT2D eigenvalue weighted by molar-refractivity contribution is 5.94. The van der Waals surface area contributed by atoms with Gasteiger partial charge in [0.25, 0.3) is 11.8 Å². The molecule has 0 atom stereocenters. The van der Waals surface area contributed by atoms with Gasteiger partial charge in [0.1, 0.15) is 0 Å². The van der Waals surface area contributed by atoms with E-state index in [1.165, 1.54) is 11.0 Å². The fraction of sp³-hybridized carbons (Fsp3) is 0.176. The lowest BCUT2D eigenvalue weighted by molar-refractivity contribution is 0.0827. The summed E-state index contributed by atoms with van der Waals surface area (Å²) < 4.78 is 25.9. The van der Waals surface area contributed by atoms with Crippen molar-refractivity contribution >= 4 is 11.8 Å². The molecule has 0 aliphatic heterocycles. The van der Waals surface area contributed by atoms with Crippen LogP contribution in [0.25, 0.3) is 0 Å². The molecule has 0 saturated heterocycles. The third-order valence-corrected chi connectivity index (χ3v) is 3.24. The van der Waals surface area contributed by atoms with Crippen molar-refractivity contribution in [2.24, 2.45) is 0 Å². The Morgan fingerprint density at radius 3 is 2.13 bits per heavy atom. The molecule has 6 heteroatoms. The number of nitrogens with one attached hydrogen (secondary N) is 1. The number of nitrogens with zero attached hydrogens (tertiary/aromatic N) is 1. The summed E-state index contributed by atoms with van der Waals surface area (Å²) in [5, 5.41) is 2.61. The van der Waals surface area contributed by atoms with Crippen LogP contribution in [0.4, 0.5) is 8.78 Å². The number of amides is 2. The van der Waals surface area contributed by atoms with Gasteiger partial charge in [-0.15, -0.1) is 0 Å². The normalized spacial score (nSPS) is 10.3. The molecule has 0 spiro atoms. The molecule has 2 aromatic rings. The lowest BCUT2D eigenvalue weighted by Crippen LogP contribution is -2.23. The molecule has 2 amide bonds. The summed E-state index contributed by atoms with van der Waals surface area (Å²) in [7, 11) is 3.33. The quantitative estimate of drug-likeness (QED) is 0.942. The van der Waals surface area contributed by atoms with Crippen LogP contribution < -0.4 is 5.32 Å². The third-order valence-electron chi connectivity index (χ3n) is 3.24. The molecule has 2 aromatic carbocycles. The molecule has 0 aliphatic carbocycles. The van der Waals surface area contributed by atoms with Gasteiger partial charge in [0.2, 0.25) is 0 Å². The summed E-state index contributed by atoms with van der Waals surface area (Å²) in [5.41, 5.74) is 1.38. The van der Waals surface area contributed by atoms with Crippen LogP contribution >= 0.6 is 0 Å². The number of benzene rings is 2. The van der Waals surface area contributed by atoms with Crippen LogP contribution in [-0.4, -0.2) is 30.8 Å². The predicted octanol–water partition coefficient (Wildman–Crippen LogP) is 2.60. The Morgan fingerprint density at radius 2 is 1.57 bits per heavy atom. The lowest BCUT2D eigenvalue weighted by Gasteiger charge is -2.11. The van der Waals surface area contributed by atoms with Gasteiger partial charge in [0.15, 0.2) is 11.6 Å². The summed E-state index contributed by atoms with van der Waals surface area (Å²) in [6.45, 7) is 0.217. The minimum atomic E-state index is -1.07. The second-order valence-corrected chi connectivity index (χ2v) is 5.21. The van der Waals surface area contributed by atoms with Gasteiger partial charge in [-0.3, -0.25) is 9.59 Å². The fourth-order valence-corrected chi connectivity index (χ4v) is 1.95. The zero-order valence-corrected chi connectivity index (χ0v) is 12.8. The third kappa shape index (κ3) is 4.12. The maximum absolute atomic E-state index is 13.1. The zero-order chi connectivity index (χ0) is 17.0. The molecule has 23 heavy (non-hydrogen) atoms. The average Bonchev–Trinajstić information content (AvgIpc) is 2.54. The van der Waals surface area contributed by atoms with E-state index in [-0.39, 0.29) is 18.0 Å². The fourth-order valence-electron chi connectivity index (χ4n) is 1.95. The van der Waals surface area contributed by atoms with E-state index in [9.17, 15) is 18.4 Å². The standard InChI is InChI=1S/C17H16F2N2O2/c1-21(2)17(23)12-5-3-11(4-6-12)10-20-16(22)13-7-8-14(18)15(19)9-13/h3-9H,10H2,1-2H3,(H,20,22). The largest absolute Gasteiger partial charge is 0.348 e. The van der Waals surface area contributed by atoms with Gasteiger partial charge in [0, 0.05) is 31.8 Å². The second-order valence-electron chi connectivity index (χ2n) is 5.21. The van der Waals surface area contributed by atoms with Crippen LogP contribution in [0.5, 0.6) is 0 Å². The van der Waals surface area contributed by atoms with Gasteiger partial charge >= 0.3 is 0 Å². The molecule has 0 bridgehead atoms. The topological polar surface area (TPSA) is 49.4 Å². The first-order chi connectivity index (χ1) is 10.9. The Bertz CT molecular complexity index is 728. The SMILES string of the molecule is CN(C)C(=O)c1ccc(CNC(=O)c2ccc(F)c(F)c2)cc1. The van der Waals surface area contributed by atoms with Crippen LogP contribution in [0, 0.1) is 11.6 Å². The molecule has 0 radical (unpaired) electrons. The minimum Gasteiger partial charge on any atom is -0.348 e. The van der Waals surface area contributed by atoms with Gasteiger partial charge in [-0.2, -0.15) is 0 Å². The molecule has 0 aliphatic rings. The van der Waals surface area contributed by atoms with E-state index in [1.807, 2.05) is 0 Å². The molecule has 120 valence electrons. The van der Waals surface area contributed by atoms with Gasteiger partial charge in [-0.1, -0.05) is 12.1 Å². The van der Waals surface area contributed by atoms with E-state index < -0.39 is 17.5 Å². The van der Waals surface area contributed by atoms with Crippen LogP contribution in [-0.2, 0) is 6.54 Å². The molecule has 1 N–H and O–H groups in total. The van der Waals surface area contributed by atoms with Crippen LogP contribution in [0.1, 0.15) is 26.3 Å². The summed E-state index contributed by atoms with van der Waals surface area (Å²) in [6.07, 6.45) is 0. The number of carbonyl (C=O) groups excluding carboxylic acids is 2. The van der Waals surface area contributed by atoms with Crippen LogP contribution in [0.15, 0.2) is 42.5 Å². The molecule has 4 nitrogen and oxygen atoms in total. The highest BCUT2D eigenvalue weighted by Gasteiger charge is 2.10. The summed E-state index contributed by atoms with van der Waals surface area (Å²) in [6, 6.07) is 9.76. The van der Waals surface area contributed by atoms with Crippen molar-refractivity contribution in [3.63, 3.8) is 0 Å². The number of hydrogen-bond donors (Lipinski definition) is 1. The zero-order valence-electron chi connectivity index (χ0n) is 12.8. The predicted molar refractivity (Wildman–Crippen MR) is 82.0 cm³/mol. The van der Waals surface area contributed by atoms with Gasteiger partial charge in [0.05, 0.1) is 0 Å². The molecule has 0 fully saturated rings. The second kappa shape index (κ2) is 7.00. The molecule has 0 heterocycles. The summed E-state index contributed by atoms with van der Waals surface area (Å²) in [5.74, 6) is -2.67. The molecular weight excluding hydrogens is 302 g/mol. The first-order valence-electron chi connectivity index (χ1n) is 6.92. The van der Waals surface area contributed by atoms with Crippen molar-refractivity contribution in [2.45, 2.75) is 6.54 Å². The Morgan fingerprint density at radius 1 is 0.957 bits per heavy atom. The highest BCUT2D eigenvalue weighted by Crippen LogP contribution is 2.10. The summed E-state index contributed by atoms with van der Waals surface area (Å²) in [4.78, 5) is 25.1. The molecular formula is C17H16F2N2O2. The van der Waals surface area contributed by atoms with Crippen molar-refractivity contribution in [1.82, 2.24) is 10.2 Å². The van der Waals surface area contributed by atoms with Gasteiger partial charge < -0.3 is 10.2 Å². The number of rotatable bonds is 4. The Hall–Kier alpha value is -2.76. The van der Waals surface area contributed by atoms with E-state index in [0.717, 1.165) is 17.7 Å². The molecule has 0 saturated carbocycles. The van der Waals surface area contributed by atoms with Crippen molar-refractivity contribution in [2.75, 3.05) is 14.1 Å². The van der Waals surface area contributed by atoms with E-state index in [4.69, 9.17) is 0 Å².